The maximum Gasteiger partial charge on any atom is 0.410 e. The summed E-state index contributed by atoms with van der Waals surface area (Å²) < 4.78 is 22.5. The van der Waals surface area contributed by atoms with Crippen molar-refractivity contribution in [1.82, 2.24) is 9.88 Å². The van der Waals surface area contributed by atoms with Crippen molar-refractivity contribution < 1.29 is 23.7 Å². The van der Waals surface area contributed by atoms with E-state index in [0.29, 0.717) is 13.0 Å². The molecular formula is C28H30N2O5. The van der Waals surface area contributed by atoms with Crippen LogP contribution in [-0.4, -0.2) is 42.0 Å². The number of hydrogen-bond donors (Lipinski definition) is 0. The first-order valence-electron chi connectivity index (χ1n) is 11.8. The lowest BCUT2D eigenvalue weighted by molar-refractivity contribution is 0.0141. The highest BCUT2D eigenvalue weighted by molar-refractivity contribution is 5.71. The van der Waals surface area contributed by atoms with Crippen molar-refractivity contribution in [2.45, 2.75) is 45.3 Å². The topological polar surface area (TPSA) is 70.1 Å². The Morgan fingerprint density at radius 3 is 2.57 bits per heavy atom. The van der Waals surface area contributed by atoms with Crippen LogP contribution in [0.1, 0.15) is 43.5 Å². The van der Waals surface area contributed by atoms with Crippen LogP contribution in [0.15, 0.2) is 54.9 Å². The quantitative estimate of drug-likeness (QED) is 0.493. The van der Waals surface area contributed by atoms with Gasteiger partial charge >= 0.3 is 6.09 Å². The number of methoxy groups -OCH3 is 1. The Kier molecular flexibility index (Phi) is 6.01. The fourth-order valence-electron chi connectivity index (χ4n) is 4.67. The van der Waals surface area contributed by atoms with Crippen LogP contribution in [0.2, 0.25) is 0 Å². The second-order valence-electron chi connectivity index (χ2n) is 9.82. The molecule has 0 N–H and O–H groups in total. The number of amides is 1. The van der Waals surface area contributed by atoms with Crippen LogP contribution < -0.4 is 14.2 Å². The molecule has 2 aromatic carbocycles. The van der Waals surface area contributed by atoms with Crippen molar-refractivity contribution in [3.63, 3.8) is 0 Å². The molecular weight excluding hydrogens is 444 g/mol. The van der Waals surface area contributed by atoms with Gasteiger partial charge in [0.05, 0.1) is 13.2 Å². The Morgan fingerprint density at radius 2 is 1.86 bits per heavy atom. The minimum Gasteiger partial charge on any atom is -0.496 e. The highest BCUT2D eigenvalue weighted by Crippen LogP contribution is 2.42. The number of aromatic nitrogens is 1. The summed E-state index contributed by atoms with van der Waals surface area (Å²) in [5.74, 6) is 2.27. The van der Waals surface area contributed by atoms with E-state index >= 15 is 0 Å². The lowest BCUT2D eigenvalue weighted by Crippen LogP contribution is -2.43. The van der Waals surface area contributed by atoms with Gasteiger partial charge in [0.1, 0.15) is 11.4 Å². The van der Waals surface area contributed by atoms with Crippen LogP contribution in [0.25, 0.3) is 11.1 Å². The first-order chi connectivity index (χ1) is 16.8. The Bertz CT molecular complexity index is 1230. The molecule has 3 heterocycles. The summed E-state index contributed by atoms with van der Waals surface area (Å²) in [7, 11) is 1.66. The maximum atomic E-state index is 13.2. The van der Waals surface area contributed by atoms with E-state index in [1.807, 2.05) is 37.8 Å². The van der Waals surface area contributed by atoms with E-state index in [2.05, 4.69) is 35.3 Å². The van der Waals surface area contributed by atoms with Gasteiger partial charge in [0.25, 0.3) is 0 Å². The van der Waals surface area contributed by atoms with Crippen LogP contribution in [0.4, 0.5) is 4.79 Å². The highest BCUT2D eigenvalue weighted by atomic mass is 16.7. The molecule has 1 atom stereocenters. The number of hydrogen-bond acceptors (Lipinski definition) is 6. The van der Waals surface area contributed by atoms with Crippen molar-refractivity contribution in [2.24, 2.45) is 0 Å². The number of ether oxygens (including phenoxy) is 4. The summed E-state index contributed by atoms with van der Waals surface area (Å²) in [6.07, 6.45) is 4.60. The maximum absolute atomic E-state index is 13.2. The second kappa shape index (κ2) is 9.13. The standard InChI is InChI=1S/C28H30N2O5/c1-28(2,3)35-27(31)30-12-10-20-14-25-26(34-17-33-25)15-21(20)23(30)13-18-5-7-19(8-6-18)22-16-29-11-9-24(22)32-4/h5-9,11,14-16,23H,10,12-13,17H2,1-4H3. The van der Waals surface area contributed by atoms with Crippen LogP contribution in [0, 0.1) is 0 Å². The van der Waals surface area contributed by atoms with Gasteiger partial charge in [0.2, 0.25) is 6.79 Å². The largest absolute Gasteiger partial charge is 0.496 e. The van der Waals surface area contributed by atoms with Crippen molar-refractivity contribution >= 4 is 6.09 Å². The second-order valence-corrected chi connectivity index (χ2v) is 9.82. The van der Waals surface area contributed by atoms with Crippen molar-refractivity contribution in [3.05, 3.63) is 71.5 Å². The van der Waals surface area contributed by atoms with Crippen molar-refractivity contribution in [1.29, 1.82) is 0 Å². The summed E-state index contributed by atoms with van der Waals surface area (Å²) in [4.78, 5) is 19.3. The Morgan fingerprint density at radius 1 is 1.11 bits per heavy atom. The molecule has 7 nitrogen and oxygen atoms in total. The lowest BCUT2D eigenvalue weighted by Gasteiger charge is -2.38. The molecule has 0 saturated carbocycles. The number of pyridine rings is 1. The molecule has 7 heteroatoms. The molecule has 0 spiro atoms. The predicted molar refractivity (Wildman–Crippen MR) is 132 cm³/mol. The number of rotatable bonds is 4. The van der Waals surface area contributed by atoms with Crippen LogP contribution in [-0.2, 0) is 17.6 Å². The average Bonchev–Trinajstić information content (AvgIpc) is 3.30. The lowest BCUT2D eigenvalue weighted by atomic mass is 9.88. The number of nitrogens with zero attached hydrogens (tertiary/aromatic N) is 2. The Hall–Kier alpha value is -3.74. The van der Waals surface area contributed by atoms with Gasteiger partial charge in [0, 0.05) is 24.5 Å². The van der Waals surface area contributed by atoms with E-state index in [4.69, 9.17) is 18.9 Å². The monoisotopic (exact) mass is 474 g/mol. The predicted octanol–water partition coefficient (Wildman–Crippen LogP) is 5.56. The SMILES string of the molecule is COc1ccncc1-c1ccc(CC2c3cc4c(cc3CCN2C(=O)OC(C)(C)C)OCO4)cc1. The van der Waals surface area contributed by atoms with Crippen LogP contribution in [0.3, 0.4) is 0 Å². The first kappa shape index (κ1) is 23.0. The zero-order valence-electron chi connectivity index (χ0n) is 20.5. The van der Waals surface area contributed by atoms with Gasteiger partial charge < -0.3 is 23.8 Å². The molecule has 35 heavy (non-hydrogen) atoms. The number of fused-ring (bicyclic) bond motifs is 2. The highest BCUT2D eigenvalue weighted by Gasteiger charge is 2.35. The molecule has 0 radical (unpaired) electrons. The fourth-order valence-corrected chi connectivity index (χ4v) is 4.67. The third-order valence-electron chi connectivity index (χ3n) is 6.31. The van der Waals surface area contributed by atoms with Gasteiger partial charge in [0.15, 0.2) is 11.5 Å². The first-order valence-corrected chi connectivity index (χ1v) is 11.8. The van der Waals surface area contributed by atoms with E-state index in [9.17, 15) is 4.79 Å². The molecule has 1 aromatic heterocycles. The smallest absolute Gasteiger partial charge is 0.410 e. The van der Waals surface area contributed by atoms with Crippen LogP contribution >= 0.6 is 0 Å². The van der Waals surface area contributed by atoms with E-state index in [1.54, 1.807) is 19.5 Å². The molecule has 1 amide bonds. The molecule has 3 aromatic rings. The number of carbonyl (C=O) groups is 1. The third-order valence-corrected chi connectivity index (χ3v) is 6.31. The summed E-state index contributed by atoms with van der Waals surface area (Å²) in [5, 5.41) is 0. The van der Waals surface area contributed by atoms with Crippen molar-refractivity contribution in [2.75, 3.05) is 20.4 Å². The molecule has 1 unspecified atom stereocenters. The van der Waals surface area contributed by atoms with Gasteiger partial charge in [-0.1, -0.05) is 24.3 Å². The summed E-state index contributed by atoms with van der Waals surface area (Å²) in [6.45, 7) is 6.47. The number of benzene rings is 2. The number of carbonyl (C=O) groups excluding carboxylic acids is 1. The third kappa shape index (κ3) is 4.76. The summed E-state index contributed by atoms with van der Waals surface area (Å²) in [5.41, 5.74) is 4.75. The molecule has 182 valence electrons. The van der Waals surface area contributed by atoms with E-state index in [0.717, 1.165) is 45.9 Å². The van der Waals surface area contributed by atoms with E-state index in [-0.39, 0.29) is 18.9 Å². The minimum atomic E-state index is -0.568. The van der Waals surface area contributed by atoms with Gasteiger partial charge in [-0.05, 0) is 74.1 Å². The van der Waals surface area contributed by atoms with Gasteiger partial charge in [-0.2, -0.15) is 0 Å². The van der Waals surface area contributed by atoms with Crippen molar-refractivity contribution in [3.8, 4) is 28.4 Å². The van der Waals surface area contributed by atoms with E-state index < -0.39 is 5.60 Å². The van der Waals surface area contributed by atoms with Crippen LogP contribution in [0.5, 0.6) is 17.2 Å². The van der Waals surface area contributed by atoms with Gasteiger partial charge in [-0.3, -0.25) is 4.98 Å². The molecule has 0 saturated heterocycles. The zero-order valence-corrected chi connectivity index (χ0v) is 20.5. The zero-order chi connectivity index (χ0) is 24.6. The summed E-state index contributed by atoms with van der Waals surface area (Å²) >= 11 is 0. The molecule has 2 aliphatic heterocycles. The average molecular weight is 475 g/mol. The molecule has 5 rings (SSSR count). The van der Waals surface area contributed by atoms with Gasteiger partial charge in [-0.15, -0.1) is 0 Å². The molecule has 0 bridgehead atoms. The minimum absolute atomic E-state index is 0.179. The molecule has 2 aliphatic rings. The van der Waals surface area contributed by atoms with Gasteiger partial charge in [-0.25, -0.2) is 4.79 Å². The Labute approximate surface area is 205 Å². The fraction of sp³-hybridized carbons (Fsp3) is 0.357. The molecule has 0 fully saturated rings. The van der Waals surface area contributed by atoms with E-state index in [1.165, 1.54) is 5.56 Å². The molecule has 0 aliphatic carbocycles. The normalized spacial score (nSPS) is 16.6. The summed E-state index contributed by atoms with van der Waals surface area (Å²) in [6, 6.07) is 14.1. The Balaban J connectivity index is 1.47.